The van der Waals surface area contributed by atoms with Crippen molar-refractivity contribution in [3.63, 3.8) is 0 Å². The molecule has 0 aliphatic heterocycles. The Labute approximate surface area is 121 Å². The molecule has 0 bridgehead atoms. The minimum atomic E-state index is -5.88. The molecule has 0 saturated carbocycles. The van der Waals surface area contributed by atoms with Gasteiger partial charge in [-0.2, -0.15) is 0 Å². The van der Waals surface area contributed by atoms with E-state index in [9.17, 15) is 0 Å². The monoisotopic (exact) mass is 596 g/mol. The van der Waals surface area contributed by atoms with Crippen molar-refractivity contribution in [2.75, 3.05) is 0 Å². The molecular weight excluding hydrogens is 597 g/mol. The van der Waals surface area contributed by atoms with Gasteiger partial charge in [0, 0.05) is 0 Å². The van der Waals surface area contributed by atoms with E-state index in [0.29, 0.717) is 0 Å². The van der Waals surface area contributed by atoms with E-state index in [-0.39, 0.29) is 61.3 Å². The molecule has 0 N–H and O–H groups in total. The van der Waals surface area contributed by atoms with Crippen LogP contribution in [0.15, 0.2) is 0 Å². The molecule has 0 unspecified atom stereocenters. The molecule has 13 heteroatoms. The van der Waals surface area contributed by atoms with Crippen molar-refractivity contribution >= 4 is 29.0 Å². The maximum absolute atomic E-state index is 8.61. The van der Waals surface area contributed by atoms with Crippen molar-refractivity contribution in [1.29, 1.82) is 0 Å². The molecule has 0 radical (unpaired) electrons. The second-order valence-electron chi connectivity index (χ2n) is 0.894. The molecule has 0 aromatic carbocycles. The topological polar surface area (TPSA) is 172 Å². The molecule has 0 spiro atoms. The summed E-state index contributed by atoms with van der Waals surface area (Å²) in [6.45, 7) is 0. The van der Waals surface area contributed by atoms with Crippen molar-refractivity contribution in [3.05, 3.63) is 0 Å². The first-order valence-corrected chi connectivity index (χ1v) is 7.59. The Morgan fingerprint density at radius 2 is 0.538 bits per heavy atom. The summed E-state index contributed by atoms with van der Waals surface area (Å²) < 4.78 is 68.9. The smallest absolute Gasteiger partial charge is 2.00 e. The number of hydrogen-bond acceptors (Lipinski definition) is 8. The second-order valence-corrected chi connectivity index (χ2v) is 4.65. The maximum atomic E-state index is 8.61. The van der Waals surface area contributed by atoms with E-state index in [1.807, 2.05) is 0 Å². The predicted octanol–water partition coefficient (Wildman–Crippen LogP) is -8.14. The van der Waals surface area contributed by atoms with Crippen LogP contribution in [0.1, 0.15) is 0 Å². The van der Waals surface area contributed by atoms with Gasteiger partial charge < -0.3 is 0 Å². The Bertz CT molecular complexity index is 130. The van der Waals surface area contributed by atoms with E-state index in [2.05, 4.69) is 0 Å². The van der Waals surface area contributed by atoms with Gasteiger partial charge in [-0.3, -0.25) is 0 Å². The third-order valence-corrected chi connectivity index (χ3v) is 0. The third-order valence-electron chi connectivity index (χ3n) is 0. The van der Waals surface area contributed by atoms with Crippen molar-refractivity contribution in [1.82, 2.24) is 0 Å². The van der Waals surface area contributed by atoms with Crippen molar-refractivity contribution in [2.24, 2.45) is 0 Å². The van der Waals surface area contributed by atoms with Crippen LogP contribution in [0.3, 0.4) is 0 Å². The fraction of sp³-hybridized carbons (Fsp3) is 0. The van der Waals surface area contributed by atoms with E-state index in [0.717, 1.165) is 0 Å². The minimum Gasteiger partial charge on any atom is 2.00 e. The summed E-state index contributed by atoms with van der Waals surface area (Å²) in [6.07, 6.45) is 0. The van der Waals surface area contributed by atoms with Crippen molar-refractivity contribution in [3.8, 4) is 0 Å². The molecule has 8 nitrogen and oxygen atoms in total. The average molecular weight is 597 g/mol. The molecule has 0 saturated heterocycles. The molecule has 0 rings (SSSR count). The van der Waals surface area contributed by atoms with Crippen LogP contribution in [0.2, 0.25) is 0 Å². The van der Waals surface area contributed by atoms with Gasteiger partial charge in [0.1, 0.15) is 0 Å². The fourth-order valence-electron chi connectivity index (χ4n) is 0. The van der Waals surface area contributed by atoms with Crippen LogP contribution in [-0.4, -0.2) is 29.0 Å². The van der Waals surface area contributed by atoms with Crippen LogP contribution in [0.4, 0.5) is 0 Å². The average Bonchev–Trinajstić information content (AvgIpc) is 1.12. The van der Waals surface area contributed by atoms with Gasteiger partial charge in [0.2, 0.25) is 0 Å². The minimum absolute atomic E-state index is 0. The summed E-state index contributed by atoms with van der Waals surface area (Å²) in [7, 11) is 0. The van der Waals surface area contributed by atoms with E-state index in [4.69, 9.17) is 32.1 Å². The van der Waals surface area contributed by atoms with Crippen LogP contribution in [0, 0.1) is 0 Å². The first-order chi connectivity index (χ1) is 4.00. The van der Waals surface area contributed by atoms with E-state index in [1.54, 1.807) is 0 Å². The van der Waals surface area contributed by atoms with Crippen LogP contribution >= 0.6 is 0 Å². The Balaban J connectivity index is -0.0000000267. The summed E-state index contributed by atoms with van der Waals surface area (Å²) in [5, 5.41) is 0. The Morgan fingerprint density at radius 1 is 0.538 bits per heavy atom. The first-order valence-electron chi connectivity index (χ1n) is 1.46. The molecule has 0 aromatic heterocycles. The molecule has 88 valence electrons. The molecule has 0 fully saturated rings. The summed E-state index contributed by atoms with van der Waals surface area (Å²) in [4.78, 5) is 0. The Kier molecular flexibility index (Phi) is 28.5. The molecule has 0 aliphatic rings. The van der Waals surface area contributed by atoms with Gasteiger partial charge in [0.05, 0.1) is 0 Å². The third kappa shape index (κ3) is 370. The maximum Gasteiger partial charge on any atom is 2.00 e. The van der Waals surface area contributed by atoms with Gasteiger partial charge in [0.15, 0.2) is 0 Å². The quantitative estimate of drug-likeness (QED) is 0.248. The van der Waals surface area contributed by atoms with Crippen LogP contribution in [0.25, 0.3) is 0 Å². The van der Waals surface area contributed by atoms with Gasteiger partial charge in [-0.15, -0.1) is 0 Å². The molecule has 0 aromatic rings. The molecule has 0 atom stereocenters. The first kappa shape index (κ1) is 29.5. The number of hydrogen-bond donors (Lipinski definition) is 0. The summed E-state index contributed by atoms with van der Waals surface area (Å²) in [6, 6.07) is 0. The summed E-state index contributed by atoms with van der Waals surface area (Å²) >= 11 is -11.8. The zero-order chi connectivity index (χ0) is 9.00. The SMILES string of the molecule is O=[As]([O-])([O-])[O-].O=[As]([O-])([O-])[O-].[Pd+2].[Pd+2].[Pd+2]. The van der Waals surface area contributed by atoms with Gasteiger partial charge in [-0.25, -0.2) is 0 Å². The van der Waals surface area contributed by atoms with Crippen molar-refractivity contribution < 1.29 is 93.3 Å². The molecule has 13 heavy (non-hydrogen) atoms. The zero-order valence-electron chi connectivity index (χ0n) is 5.11. The molecule has 0 aliphatic carbocycles. The standard InChI is InChI=1S/2AsH3O4.3Pd/c2*2-1(3,4)5;;;/h2*(H3,2,3,4,5);;;/q;;3*+2/p-6. The predicted molar refractivity (Wildman–Crippen MR) is 12.9 cm³/mol. The molecule has 0 amide bonds. The summed E-state index contributed by atoms with van der Waals surface area (Å²) in [5.41, 5.74) is 0. The fourth-order valence-corrected chi connectivity index (χ4v) is 0. The Hall–Kier alpha value is 2.46. The van der Waals surface area contributed by atoms with E-state index in [1.165, 1.54) is 0 Å². The van der Waals surface area contributed by atoms with Gasteiger partial charge in [0.25, 0.3) is 0 Å². The molecule has 0 heterocycles. The van der Waals surface area contributed by atoms with Gasteiger partial charge >= 0.3 is 122 Å². The number of rotatable bonds is 0. The van der Waals surface area contributed by atoms with Crippen LogP contribution in [0.5, 0.6) is 0 Å². The van der Waals surface area contributed by atoms with Gasteiger partial charge in [-0.1, -0.05) is 0 Å². The zero-order valence-corrected chi connectivity index (χ0v) is 13.5. The van der Waals surface area contributed by atoms with Crippen molar-refractivity contribution in [2.45, 2.75) is 0 Å². The Morgan fingerprint density at radius 3 is 0.538 bits per heavy atom. The second kappa shape index (κ2) is 12.5. The van der Waals surface area contributed by atoms with E-state index >= 15 is 0 Å². The summed E-state index contributed by atoms with van der Waals surface area (Å²) in [5.74, 6) is 0. The normalized spacial score (nSPS) is 9.08. The van der Waals surface area contributed by atoms with Gasteiger partial charge in [-0.05, 0) is 0 Å². The molecular formula is As2O8Pd3. The van der Waals surface area contributed by atoms with Crippen LogP contribution in [-0.2, 0) is 68.7 Å². The van der Waals surface area contributed by atoms with E-state index < -0.39 is 29.0 Å². The van der Waals surface area contributed by atoms with Crippen LogP contribution < -0.4 is 24.6 Å². The largest absolute Gasteiger partial charge is 2.00 e.